The van der Waals surface area contributed by atoms with Gasteiger partial charge in [0.15, 0.2) is 0 Å². The van der Waals surface area contributed by atoms with Crippen molar-refractivity contribution in [2.24, 2.45) is 0 Å². The van der Waals surface area contributed by atoms with E-state index in [4.69, 9.17) is 14.6 Å². The third-order valence-electron chi connectivity index (χ3n) is 5.53. The topological polar surface area (TPSA) is 83.9 Å². The van der Waals surface area contributed by atoms with E-state index in [1.54, 1.807) is 14.2 Å². The number of amides is 2. The van der Waals surface area contributed by atoms with E-state index in [-0.39, 0.29) is 18.1 Å². The van der Waals surface area contributed by atoms with Crippen LogP contribution in [0.2, 0.25) is 0 Å². The van der Waals surface area contributed by atoms with Crippen LogP contribution in [0.15, 0.2) is 48.7 Å². The quantitative estimate of drug-likeness (QED) is 0.593. The molecule has 2 heterocycles. The van der Waals surface area contributed by atoms with Crippen LogP contribution < -0.4 is 25.6 Å². The van der Waals surface area contributed by atoms with Gasteiger partial charge in [0, 0.05) is 18.7 Å². The van der Waals surface area contributed by atoms with Crippen LogP contribution in [0.1, 0.15) is 37.6 Å². The summed E-state index contributed by atoms with van der Waals surface area (Å²) in [7, 11) is 3.24. The largest absolute Gasteiger partial charge is 0.496 e. The van der Waals surface area contributed by atoms with E-state index >= 15 is 0 Å². The number of methoxy groups -OCH3 is 1. The number of urea groups is 1. The number of benzene rings is 2. The molecule has 1 aliphatic heterocycles. The summed E-state index contributed by atoms with van der Waals surface area (Å²) in [5.41, 5.74) is 10.00. The molecule has 2 N–H and O–H groups in total. The molecule has 0 bridgehead atoms. The number of hydrazine groups is 3. The van der Waals surface area contributed by atoms with Crippen LogP contribution in [-0.2, 0) is 12.0 Å². The summed E-state index contributed by atoms with van der Waals surface area (Å²) < 4.78 is 13.6. The predicted molar refractivity (Wildman–Crippen MR) is 126 cm³/mol. The number of anilines is 1. The lowest BCUT2D eigenvalue weighted by atomic mass is 9.93. The molecule has 1 fully saturated rings. The van der Waals surface area contributed by atoms with Crippen molar-refractivity contribution in [1.29, 1.82) is 0 Å². The highest BCUT2D eigenvalue weighted by Crippen LogP contribution is 2.32. The molecular weight excluding hydrogens is 420 g/mol. The fraction of sp³-hybridized carbons (Fsp3) is 0.333. The molecule has 1 aromatic heterocycles. The second-order valence-corrected chi connectivity index (χ2v) is 8.99. The molecule has 0 spiro atoms. The van der Waals surface area contributed by atoms with Gasteiger partial charge >= 0.3 is 6.03 Å². The van der Waals surface area contributed by atoms with Crippen molar-refractivity contribution < 1.29 is 14.3 Å². The Bertz CT molecular complexity index is 1170. The fourth-order valence-corrected chi connectivity index (χ4v) is 3.59. The highest BCUT2D eigenvalue weighted by atomic mass is 16.5. The summed E-state index contributed by atoms with van der Waals surface area (Å²) in [6.07, 6.45) is 1.97. The van der Waals surface area contributed by atoms with Gasteiger partial charge in [0.2, 0.25) is 0 Å². The van der Waals surface area contributed by atoms with Crippen LogP contribution in [0, 0.1) is 6.92 Å². The third kappa shape index (κ3) is 4.50. The minimum absolute atomic E-state index is 0.00823. The second kappa shape index (κ2) is 8.76. The first-order valence-corrected chi connectivity index (χ1v) is 10.7. The number of aromatic nitrogens is 2. The molecule has 0 radical (unpaired) electrons. The van der Waals surface area contributed by atoms with Crippen molar-refractivity contribution in [3.63, 3.8) is 0 Å². The van der Waals surface area contributed by atoms with Gasteiger partial charge in [-0.3, -0.25) is 0 Å². The summed E-state index contributed by atoms with van der Waals surface area (Å²) in [5.74, 6) is 1.38. The van der Waals surface area contributed by atoms with Crippen LogP contribution in [0.5, 0.6) is 11.5 Å². The van der Waals surface area contributed by atoms with Gasteiger partial charge in [-0.1, -0.05) is 26.8 Å². The maximum Gasteiger partial charge on any atom is 0.355 e. The lowest BCUT2D eigenvalue weighted by Gasteiger charge is -2.20. The van der Waals surface area contributed by atoms with Crippen LogP contribution in [0.25, 0.3) is 5.69 Å². The van der Waals surface area contributed by atoms with Gasteiger partial charge < -0.3 is 9.47 Å². The highest BCUT2D eigenvalue weighted by molar-refractivity contribution is 5.93. The maximum absolute atomic E-state index is 12.5. The monoisotopic (exact) mass is 450 g/mol. The zero-order valence-electron chi connectivity index (χ0n) is 19.8. The number of hydrogen-bond donors (Lipinski definition) is 2. The van der Waals surface area contributed by atoms with Crippen LogP contribution in [0.3, 0.4) is 0 Å². The van der Waals surface area contributed by atoms with Crippen molar-refractivity contribution in [3.8, 4) is 17.2 Å². The highest BCUT2D eigenvalue weighted by Gasteiger charge is 2.29. The van der Waals surface area contributed by atoms with Crippen LogP contribution in [-0.4, -0.2) is 35.0 Å². The first kappa shape index (κ1) is 22.6. The second-order valence-electron chi connectivity index (χ2n) is 8.99. The van der Waals surface area contributed by atoms with E-state index in [0.29, 0.717) is 11.4 Å². The van der Waals surface area contributed by atoms with Crippen LogP contribution in [0.4, 0.5) is 10.5 Å². The number of hydrogen-bond acceptors (Lipinski definition) is 6. The van der Waals surface area contributed by atoms with E-state index in [1.807, 2.05) is 60.3 Å². The minimum atomic E-state index is -0.237. The average Bonchev–Trinajstić information content (AvgIpc) is 3.40. The van der Waals surface area contributed by atoms with Crippen molar-refractivity contribution in [3.05, 3.63) is 65.5 Å². The van der Waals surface area contributed by atoms with Gasteiger partial charge in [-0.05, 0) is 48.9 Å². The summed E-state index contributed by atoms with van der Waals surface area (Å²) in [5, 5.41) is 7.49. The van der Waals surface area contributed by atoms with Gasteiger partial charge in [-0.15, -0.1) is 11.1 Å². The minimum Gasteiger partial charge on any atom is -0.496 e. The van der Waals surface area contributed by atoms with Crippen molar-refractivity contribution in [2.45, 2.75) is 39.7 Å². The Kier molecular flexibility index (Phi) is 6.01. The Morgan fingerprint density at radius 2 is 1.85 bits per heavy atom. The first-order valence-electron chi connectivity index (χ1n) is 10.7. The molecule has 4 rings (SSSR count). The standard InChI is InChI=1S/C24H30N6O3/c1-16-14-17(29-13-12-22(25-29)24(2,3)4)10-11-20(16)33-15-18-19(8-7-9-21(18)32-6)30-23(31)28(5)26-27-30/h7-14,26-27H,15H2,1-6H3. The van der Waals surface area contributed by atoms with E-state index in [0.717, 1.165) is 28.3 Å². The normalized spacial score (nSPS) is 14.2. The molecule has 0 aliphatic carbocycles. The summed E-state index contributed by atoms with van der Waals surface area (Å²) in [6, 6.07) is 13.3. The summed E-state index contributed by atoms with van der Waals surface area (Å²) in [6.45, 7) is 8.67. The molecule has 1 aliphatic rings. The zero-order chi connectivity index (χ0) is 23.8. The SMILES string of the molecule is COc1cccc(N2NNN(C)C2=O)c1COc1ccc(-n2ccc(C(C)(C)C)n2)cc1C. The molecule has 9 nitrogen and oxygen atoms in total. The lowest BCUT2D eigenvalue weighted by molar-refractivity contribution is 0.214. The lowest BCUT2D eigenvalue weighted by Crippen LogP contribution is -2.38. The number of carbonyl (C=O) groups is 1. The summed E-state index contributed by atoms with van der Waals surface area (Å²) in [4.78, 5) is 12.5. The fourth-order valence-electron chi connectivity index (χ4n) is 3.59. The van der Waals surface area contributed by atoms with Crippen LogP contribution >= 0.6 is 0 Å². The Morgan fingerprint density at radius 3 is 2.45 bits per heavy atom. The molecule has 0 unspecified atom stereocenters. The number of ether oxygens (including phenoxy) is 2. The van der Waals surface area contributed by atoms with Gasteiger partial charge in [0.05, 0.1) is 29.7 Å². The molecule has 0 saturated carbocycles. The molecule has 33 heavy (non-hydrogen) atoms. The van der Waals surface area contributed by atoms with Gasteiger partial charge in [-0.25, -0.2) is 19.5 Å². The van der Waals surface area contributed by atoms with Gasteiger partial charge in [-0.2, -0.15) is 5.10 Å². The van der Waals surface area contributed by atoms with Crippen molar-refractivity contribution >= 4 is 11.7 Å². The number of nitrogens with one attached hydrogen (secondary N) is 2. The van der Waals surface area contributed by atoms with E-state index in [1.165, 1.54) is 10.0 Å². The number of aryl methyl sites for hydroxylation is 1. The number of carbonyl (C=O) groups excluding carboxylic acids is 1. The molecular formula is C24H30N6O3. The maximum atomic E-state index is 12.5. The number of rotatable bonds is 6. The van der Waals surface area contributed by atoms with Gasteiger partial charge in [0.25, 0.3) is 0 Å². The van der Waals surface area contributed by atoms with E-state index in [2.05, 4.69) is 31.8 Å². The Balaban J connectivity index is 1.56. The Labute approximate surface area is 193 Å². The van der Waals surface area contributed by atoms with E-state index in [9.17, 15) is 4.79 Å². The van der Waals surface area contributed by atoms with Crippen molar-refractivity contribution in [1.82, 2.24) is 25.9 Å². The smallest absolute Gasteiger partial charge is 0.355 e. The molecule has 174 valence electrons. The van der Waals surface area contributed by atoms with Gasteiger partial charge in [0.1, 0.15) is 18.1 Å². The molecule has 9 heteroatoms. The Hall–Kier alpha value is -3.56. The Morgan fingerprint density at radius 1 is 1.06 bits per heavy atom. The summed E-state index contributed by atoms with van der Waals surface area (Å²) >= 11 is 0. The zero-order valence-corrected chi connectivity index (χ0v) is 19.8. The average molecular weight is 451 g/mol. The first-order chi connectivity index (χ1) is 15.7. The molecule has 2 aromatic carbocycles. The molecule has 0 atom stereocenters. The molecule has 3 aromatic rings. The number of nitrogens with zero attached hydrogens (tertiary/aromatic N) is 4. The predicted octanol–water partition coefficient (Wildman–Crippen LogP) is 3.86. The molecule has 2 amide bonds. The van der Waals surface area contributed by atoms with Crippen molar-refractivity contribution in [2.75, 3.05) is 19.2 Å². The van der Waals surface area contributed by atoms with E-state index < -0.39 is 0 Å². The third-order valence-corrected chi connectivity index (χ3v) is 5.53. The molecule has 1 saturated heterocycles.